The summed E-state index contributed by atoms with van der Waals surface area (Å²) >= 11 is 0. The SMILES string of the molecule is CC[C@H](COC)NC(=O)C1CCN(C2CCN(Cc3cccc(C)n3)CC2)CC1. The fourth-order valence-electron chi connectivity index (χ4n) is 4.67. The molecule has 0 aromatic carbocycles. The number of aromatic nitrogens is 1. The predicted molar refractivity (Wildman–Crippen MR) is 116 cm³/mol. The van der Waals surface area contributed by atoms with Gasteiger partial charge >= 0.3 is 0 Å². The summed E-state index contributed by atoms with van der Waals surface area (Å²) < 4.78 is 5.20. The molecule has 0 saturated carbocycles. The molecule has 29 heavy (non-hydrogen) atoms. The minimum Gasteiger partial charge on any atom is -0.383 e. The van der Waals surface area contributed by atoms with Crippen molar-refractivity contribution in [3.05, 3.63) is 29.6 Å². The van der Waals surface area contributed by atoms with Crippen molar-refractivity contribution in [2.45, 2.75) is 64.6 Å². The molecule has 6 nitrogen and oxygen atoms in total. The Morgan fingerprint density at radius 2 is 1.93 bits per heavy atom. The van der Waals surface area contributed by atoms with Crippen LogP contribution in [0.1, 0.15) is 50.4 Å². The van der Waals surface area contributed by atoms with Crippen LogP contribution in [0.2, 0.25) is 0 Å². The van der Waals surface area contributed by atoms with E-state index in [1.807, 2.05) is 0 Å². The van der Waals surface area contributed by atoms with Gasteiger partial charge in [-0.05, 0) is 64.3 Å². The maximum atomic E-state index is 12.6. The third kappa shape index (κ3) is 6.49. The number of nitrogens with zero attached hydrogens (tertiary/aromatic N) is 3. The number of rotatable bonds is 8. The number of piperidine rings is 2. The summed E-state index contributed by atoms with van der Waals surface area (Å²) in [5, 5.41) is 3.17. The molecule has 0 bridgehead atoms. The van der Waals surface area contributed by atoms with Gasteiger partial charge in [-0.3, -0.25) is 14.7 Å². The van der Waals surface area contributed by atoms with Gasteiger partial charge in [-0.1, -0.05) is 13.0 Å². The van der Waals surface area contributed by atoms with Crippen LogP contribution in [0.5, 0.6) is 0 Å². The summed E-state index contributed by atoms with van der Waals surface area (Å²) in [5.74, 6) is 0.374. The van der Waals surface area contributed by atoms with E-state index in [1.54, 1.807) is 7.11 Å². The molecule has 2 fully saturated rings. The third-order valence-electron chi connectivity index (χ3n) is 6.51. The summed E-state index contributed by atoms with van der Waals surface area (Å²) in [6.07, 6.45) is 5.29. The minimum atomic E-state index is 0.137. The lowest BCUT2D eigenvalue weighted by Crippen LogP contribution is -2.50. The van der Waals surface area contributed by atoms with Gasteiger partial charge in [0.2, 0.25) is 5.91 Å². The van der Waals surface area contributed by atoms with Crippen LogP contribution in [-0.4, -0.2) is 72.7 Å². The van der Waals surface area contributed by atoms with Crippen LogP contribution >= 0.6 is 0 Å². The molecule has 0 aliphatic carbocycles. The molecule has 1 aromatic heterocycles. The van der Waals surface area contributed by atoms with Crippen molar-refractivity contribution in [2.75, 3.05) is 39.9 Å². The lowest BCUT2D eigenvalue weighted by molar-refractivity contribution is -0.127. The highest BCUT2D eigenvalue weighted by Gasteiger charge is 2.31. The van der Waals surface area contributed by atoms with Crippen molar-refractivity contribution in [3.63, 3.8) is 0 Å². The molecule has 1 amide bonds. The number of nitrogens with one attached hydrogen (secondary N) is 1. The third-order valence-corrected chi connectivity index (χ3v) is 6.51. The standard InChI is InChI=1S/C23H38N4O2/c1-4-20(17-29-3)25-23(28)19-8-14-27(15-9-19)22-10-12-26(13-11-22)16-21-7-5-6-18(2)24-21/h5-7,19-20,22H,4,8-17H2,1-3H3,(H,25,28)/t20-/m1/s1. The fraction of sp³-hybridized carbons (Fsp3) is 0.739. The monoisotopic (exact) mass is 402 g/mol. The molecule has 2 saturated heterocycles. The molecule has 0 radical (unpaired) electrons. The average Bonchev–Trinajstić information content (AvgIpc) is 2.74. The van der Waals surface area contributed by atoms with Crippen LogP contribution < -0.4 is 5.32 Å². The van der Waals surface area contributed by atoms with E-state index in [2.05, 4.69) is 52.1 Å². The Balaban J connectivity index is 1.39. The predicted octanol–water partition coefficient (Wildman–Crippen LogP) is 2.61. The van der Waals surface area contributed by atoms with E-state index in [-0.39, 0.29) is 17.9 Å². The van der Waals surface area contributed by atoms with Crippen LogP contribution in [0, 0.1) is 12.8 Å². The van der Waals surface area contributed by atoms with Crippen molar-refractivity contribution in [1.29, 1.82) is 0 Å². The number of hydrogen-bond donors (Lipinski definition) is 1. The number of carbonyl (C=O) groups excluding carboxylic acids is 1. The van der Waals surface area contributed by atoms with Crippen LogP contribution in [0.3, 0.4) is 0 Å². The van der Waals surface area contributed by atoms with Gasteiger partial charge in [0.25, 0.3) is 0 Å². The summed E-state index contributed by atoms with van der Waals surface area (Å²) in [7, 11) is 1.69. The molecule has 1 aromatic rings. The number of amides is 1. The molecule has 6 heteroatoms. The van der Waals surface area contributed by atoms with Crippen LogP contribution in [0.4, 0.5) is 0 Å². The number of methoxy groups -OCH3 is 1. The van der Waals surface area contributed by atoms with Crippen molar-refractivity contribution in [1.82, 2.24) is 20.1 Å². The molecular formula is C23H38N4O2. The van der Waals surface area contributed by atoms with E-state index in [9.17, 15) is 4.79 Å². The molecule has 162 valence electrons. The smallest absolute Gasteiger partial charge is 0.223 e. The molecular weight excluding hydrogens is 364 g/mol. The first-order valence-electron chi connectivity index (χ1n) is 11.3. The van der Waals surface area contributed by atoms with Crippen LogP contribution in [0.15, 0.2) is 18.2 Å². The molecule has 0 unspecified atom stereocenters. The lowest BCUT2D eigenvalue weighted by atomic mass is 9.92. The zero-order chi connectivity index (χ0) is 20.6. The summed E-state index contributed by atoms with van der Waals surface area (Å²) in [6.45, 7) is 10.1. The molecule has 1 N–H and O–H groups in total. The van der Waals surface area contributed by atoms with Gasteiger partial charge in [-0.25, -0.2) is 0 Å². The van der Waals surface area contributed by atoms with E-state index >= 15 is 0 Å². The van der Waals surface area contributed by atoms with Crippen molar-refractivity contribution < 1.29 is 9.53 Å². The first-order chi connectivity index (χ1) is 14.1. The Morgan fingerprint density at radius 1 is 1.21 bits per heavy atom. The topological polar surface area (TPSA) is 57.7 Å². The van der Waals surface area contributed by atoms with Gasteiger partial charge in [-0.2, -0.15) is 0 Å². The zero-order valence-corrected chi connectivity index (χ0v) is 18.4. The van der Waals surface area contributed by atoms with E-state index in [4.69, 9.17) is 4.74 Å². The molecule has 3 rings (SSSR count). The van der Waals surface area contributed by atoms with Gasteiger partial charge < -0.3 is 15.0 Å². The van der Waals surface area contributed by atoms with E-state index in [1.165, 1.54) is 18.5 Å². The Bertz CT molecular complexity index is 638. The largest absolute Gasteiger partial charge is 0.383 e. The Kier molecular flexibility index (Phi) is 8.45. The highest BCUT2D eigenvalue weighted by Crippen LogP contribution is 2.24. The van der Waals surface area contributed by atoms with Gasteiger partial charge in [0.05, 0.1) is 18.3 Å². The first-order valence-corrected chi connectivity index (χ1v) is 11.3. The highest BCUT2D eigenvalue weighted by atomic mass is 16.5. The maximum Gasteiger partial charge on any atom is 0.223 e. The quantitative estimate of drug-likeness (QED) is 0.724. The number of ether oxygens (including phenoxy) is 1. The van der Waals surface area contributed by atoms with Crippen molar-refractivity contribution in [3.8, 4) is 0 Å². The minimum absolute atomic E-state index is 0.137. The second kappa shape index (κ2) is 11.0. The van der Waals surface area contributed by atoms with Gasteiger partial charge in [-0.15, -0.1) is 0 Å². The summed E-state index contributed by atoms with van der Waals surface area (Å²) in [4.78, 5) is 22.4. The lowest BCUT2D eigenvalue weighted by Gasteiger charge is -2.41. The molecule has 3 heterocycles. The normalized spacial score (nSPS) is 21.2. The van der Waals surface area contributed by atoms with Gasteiger partial charge in [0.15, 0.2) is 0 Å². The van der Waals surface area contributed by atoms with Gasteiger partial charge in [0.1, 0.15) is 0 Å². The average molecular weight is 403 g/mol. The van der Waals surface area contributed by atoms with Gasteiger partial charge in [0, 0.05) is 44.4 Å². The van der Waals surface area contributed by atoms with Crippen molar-refractivity contribution >= 4 is 5.91 Å². The van der Waals surface area contributed by atoms with E-state index in [0.29, 0.717) is 12.6 Å². The fourth-order valence-corrected chi connectivity index (χ4v) is 4.67. The zero-order valence-electron chi connectivity index (χ0n) is 18.4. The van der Waals surface area contributed by atoms with E-state index in [0.717, 1.165) is 57.7 Å². The summed E-state index contributed by atoms with van der Waals surface area (Å²) in [6, 6.07) is 7.09. The molecule has 2 aliphatic rings. The number of carbonyl (C=O) groups is 1. The van der Waals surface area contributed by atoms with E-state index < -0.39 is 0 Å². The molecule has 1 atom stereocenters. The Morgan fingerprint density at radius 3 is 2.55 bits per heavy atom. The highest BCUT2D eigenvalue weighted by molar-refractivity contribution is 5.79. The van der Waals surface area contributed by atoms with Crippen LogP contribution in [0.25, 0.3) is 0 Å². The Hall–Kier alpha value is -1.50. The molecule has 2 aliphatic heterocycles. The Labute approximate surface area is 176 Å². The second-order valence-electron chi connectivity index (χ2n) is 8.66. The number of likely N-dealkylation sites (tertiary alicyclic amines) is 2. The van der Waals surface area contributed by atoms with Crippen molar-refractivity contribution in [2.24, 2.45) is 5.92 Å². The number of pyridine rings is 1. The number of hydrogen-bond acceptors (Lipinski definition) is 5. The first kappa shape index (κ1) is 22.2. The maximum absolute atomic E-state index is 12.6. The van der Waals surface area contributed by atoms with Crippen LogP contribution in [-0.2, 0) is 16.1 Å². The summed E-state index contributed by atoms with van der Waals surface area (Å²) in [5.41, 5.74) is 2.27. The molecule has 0 spiro atoms. The number of aryl methyl sites for hydroxylation is 1. The second-order valence-corrected chi connectivity index (χ2v) is 8.66.